The van der Waals surface area contributed by atoms with Gasteiger partial charge < -0.3 is 4.74 Å². The van der Waals surface area contributed by atoms with Gasteiger partial charge in [-0.25, -0.2) is 9.79 Å². The third kappa shape index (κ3) is 3.15. The molecule has 0 N–H and O–H groups in total. The highest BCUT2D eigenvalue weighted by Gasteiger charge is 2.23. The van der Waals surface area contributed by atoms with Crippen molar-refractivity contribution in [3.05, 3.63) is 75.4 Å². The van der Waals surface area contributed by atoms with Gasteiger partial charge in [0.25, 0.3) is 0 Å². The summed E-state index contributed by atoms with van der Waals surface area (Å²) in [5, 5.41) is 1.20. The molecule has 2 aromatic carbocycles. The summed E-state index contributed by atoms with van der Waals surface area (Å²) in [6.07, 6.45) is 1.64. The van der Waals surface area contributed by atoms with Gasteiger partial charge in [0.1, 0.15) is 0 Å². The van der Waals surface area contributed by atoms with Gasteiger partial charge in [0.05, 0.1) is 0 Å². The van der Waals surface area contributed by atoms with E-state index in [0.717, 1.165) is 5.56 Å². The fraction of sp³-hybridized carbons (Fsp3) is 0. The Bertz CT molecular complexity index is 764. The molecule has 3 rings (SSSR count). The zero-order chi connectivity index (χ0) is 14.8. The normalized spacial score (nSPS) is 16.0. The Morgan fingerprint density at radius 1 is 1.00 bits per heavy atom. The Morgan fingerprint density at radius 2 is 1.76 bits per heavy atom. The second kappa shape index (κ2) is 5.72. The Morgan fingerprint density at radius 3 is 2.48 bits per heavy atom. The molecule has 0 bridgehead atoms. The molecule has 0 radical (unpaired) electrons. The summed E-state index contributed by atoms with van der Waals surface area (Å²) in [5.74, 6) is -0.218. The number of esters is 1. The van der Waals surface area contributed by atoms with E-state index in [-0.39, 0.29) is 11.6 Å². The van der Waals surface area contributed by atoms with Crippen molar-refractivity contribution in [2.45, 2.75) is 0 Å². The molecular formula is C16H9Cl2NO2. The topological polar surface area (TPSA) is 38.7 Å². The van der Waals surface area contributed by atoms with E-state index < -0.39 is 5.97 Å². The molecule has 21 heavy (non-hydrogen) atoms. The number of ether oxygens (including phenoxy) is 1. The van der Waals surface area contributed by atoms with Crippen LogP contribution in [0.25, 0.3) is 6.08 Å². The summed E-state index contributed by atoms with van der Waals surface area (Å²) < 4.78 is 5.17. The summed E-state index contributed by atoms with van der Waals surface area (Å²) in [5.41, 5.74) is 1.72. The zero-order valence-electron chi connectivity index (χ0n) is 10.7. The van der Waals surface area contributed by atoms with Crippen molar-refractivity contribution in [1.82, 2.24) is 0 Å². The average Bonchev–Trinajstić information content (AvgIpc) is 2.81. The average molecular weight is 318 g/mol. The molecule has 2 aromatic rings. The Kier molecular flexibility index (Phi) is 3.78. The van der Waals surface area contributed by atoms with Crippen LogP contribution in [0.5, 0.6) is 0 Å². The lowest BCUT2D eigenvalue weighted by Gasteiger charge is -1.98. The van der Waals surface area contributed by atoms with E-state index in [0.29, 0.717) is 15.6 Å². The molecule has 1 heterocycles. The van der Waals surface area contributed by atoms with E-state index in [4.69, 9.17) is 27.9 Å². The third-order valence-electron chi connectivity index (χ3n) is 2.86. The van der Waals surface area contributed by atoms with Gasteiger partial charge in [-0.3, -0.25) is 0 Å². The second-order valence-electron chi connectivity index (χ2n) is 4.40. The lowest BCUT2D eigenvalue weighted by atomic mass is 10.2. The lowest BCUT2D eigenvalue weighted by Crippen LogP contribution is -2.05. The number of cyclic esters (lactones) is 1. The van der Waals surface area contributed by atoms with E-state index in [9.17, 15) is 4.79 Å². The largest absolute Gasteiger partial charge is 0.402 e. The van der Waals surface area contributed by atoms with Gasteiger partial charge in [0.2, 0.25) is 5.90 Å². The number of halogens is 2. The van der Waals surface area contributed by atoms with E-state index in [1.54, 1.807) is 48.5 Å². The first-order valence-electron chi connectivity index (χ1n) is 6.16. The van der Waals surface area contributed by atoms with Crippen molar-refractivity contribution in [2.75, 3.05) is 0 Å². The van der Waals surface area contributed by atoms with Gasteiger partial charge in [-0.05, 0) is 48.0 Å². The second-order valence-corrected chi connectivity index (χ2v) is 5.27. The third-order valence-corrected chi connectivity index (χ3v) is 3.35. The first-order valence-corrected chi connectivity index (χ1v) is 6.91. The fourth-order valence-electron chi connectivity index (χ4n) is 1.88. The zero-order valence-corrected chi connectivity index (χ0v) is 12.2. The summed E-state index contributed by atoms with van der Waals surface area (Å²) in [6.45, 7) is 0. The molecule has 1 aliphatic heterocycles. The van der Waals surface area contributed by atoms with Crippen LogP contribution in [0, 0.1) is 0 Å². The van der Waals surface area contributed by atoms with Crippen molar-refractivity contribution in [2.24, 2.45) is 4.99 Å². The van der Waals surface area contributed by atoms with Crippen LogP contribution < -0.4 is 0 Å². The highest BCUT2D eigenvalue weighted by Crippen LogP contribution is 2.21. The SMILES string of the molecule is O=C1OC(c2ccc(Cl)cc2)=NC1=Cc1cccc(Cl)c1. The summed E-state index contributed by atoms with van der Waals surface area (Å²) in [7, 11) is 0. The number of carbonyl (C=O) groups excluding carboxylic acids is 1. The number of hydrogen-bond donors (Lipinski definition) is 0. The van der Waals surface area contributed by atoms with E-state index in [2.05, 4.69) is 4.99 Å². The quantitative estimate of drug-likeness (QED) is 0.610. The maximum absolute atomic E-state index is 11.9. The van der Waals surface area contributed by atoms with Crippen molar-refractivity contribution in [3.63, 3.8) is 0 Å². The van der Waals surface area contributed by atoms with Crippen LogP contribution in [0.1, 0.15) is 11.1 Å². The number of carbonyl (C=O) groups is 1. The number of nitrogens with zero attached hydrogens (tertiary/aromatic N) is 1. The van der Waals surface area contributed by atoms with Gasteiger partial charge in [-0.1, -0.05) is 35.3 Å². The number of hydrogen-bond acceptors (Lipinski definition) is 3. The van der Waals surface area contributed by atoms with Gasteiger partial charge >= 0.3 is 5.97 Å². The highest BCUT2D eigenvalue weighted by molar-refractivity contribution is 6.31. The minimum absolute atomic E-state index is 0.238. The molecule has 0 unspecified atom stereocenters. The van der Waals surface area contributed by atoms with Crippen LogP contribution in [0.15, 0.2) is 59.2 Å². The molecule has 0 fully saturated rings. The molecule has 0 amide bonds. The molecule has 104 valence electrons. The van der Waals surface area contributed by atoms with Crippen molar-refractivity contribution < 1.29 is 9.53 Å². The molecule has 3 nitrogen and oxygen atoms in total. The van der Waals surface area contributed by atoms with E-state index >= 15 is 0 Å². The van der Waals surface area contributed by atoms with Crippen molar-refractivity contribution >= 4 is 41.1 Å². The molecule has 0 aliphatic carbocycles. The van der Waals surface area contributed by atoms with Gasteiger partial charge in [-0.2, -0.15) is 0 Å². The highest BCUT2D eigenvalue weighted by atomic mass is 35.5. The minimum atomic E-state index is -0.486. The maximum atomic E-state index is 11.9. The predicted octanol–water partition coefficient (Wildman–Crippen LogP) is 4.34. The van der Waals surface area contributed by atoms with Crippen molar-refractivity contribution in [1.29, 1.82) is 0 Å². The summed E-state index contributed by atoms with van der Waals surface area (Å²) >= 11 is 11.7. The molecular weight excluding hydrogens is 309 g/mol. The maximum Gasteiger partial charge on any atom is 0.363 e. The van der Waals surface area contributed by atoms with Gasteiger partial charge in [-0.15, -0.1) is 0 Å². The molecule has 1 aliphatic rings. The summed E-state index contributed by atoms with van der Waals surface area (Å²) in [6, 6.07) is 14.1. The first kappa shape index (κ1) is 13.9. The van der Waals surface area contributed by atoms with Gasteiger partial charge in [0, 0.05) is 15.6 Å². The first-order chi connectivity index (χ1) is 10.1. The monoisotopic (exact) mass is 317 g/mol. The van der Waals surface area contributed by atoms with Crippen LogP contribution in [0.3, 0.4) is 0 Å². The van der Waals surface area contributed by atoms with Crippen LogP contribution in [0.2, 0.25) is 10.0 Å². The van der Waals surface area contributed by atoms with Crippen LogP contribution in [0.4, 0.5) is 0 Å². The molecule has 0 aromatic heterocycles. The van der Waals surface area contributed by atoms with Crippen LogP contribution in [-0.4, -0.2) is 11.9 Å². The Hall–Kier alpha value is -2.10. The fourth-order valence-corrected chi connectivity index (χ4v) is 2.20. The molecule has 0 saturated carbocycles. The number of benzene rings is 2. The number of rotatable bonds is 2. The van der Waals surface area contributed by atoms with Crippen LogP contribution in [-0.2, 0) is 9.53 Å². The molecule has 0 spiro atoms. The standard InChI is InChI=1S/C16H9Cl2NO2/c17-12-6-4-11(5-7-12)15-19-14(16(20)21-15)9-10-2-1-3-13(18)8-10/h1-9H. The molecule has 0 atom stereocenters. The molecule has 0 saturated heterocycles. The predicted molar refractivity (Wildman–Crippen MR) is 83.5 cm³/mol. The van der Waals surface area contributed by atoms with E-state index in [1.807, 2.05) is 6.07 Å². The Labute approximate surface area is 131 Å². The minimum Gasteiger partial charge on any atom is -0.402 e. The van der Waals surface area contributed by atoms with E-state index in [1.165, 1.54) is 0 Å². The smallest absolute Gasteiger partial charge is 0.363 e. The van der Waals surface area contributed by atoms with Crippen molar-refractivity contribution in [3.8, 4) is 0 Å². The Balaban J connectivity index is 1.93. The summed E-state index contributed by atoms with van der Waals surface area (Å²) in [4.78, 5) is 16.1. The molecule has 5 heteroatoms. The number of aliphatic imine (C=N–C) groups is 1. The lowest BCUT2D eigenvalue weighted by molar-refractivity contribution is -0.129. The van der Waals surface area contributed by atoms with Gasteiger partial charge in [0.15, 0.2) is 5.70 Å². The van der Waals surface area contributed by atoms with Crippen LogP contribution >= 0.6 is 23.2 Å².